The first-order valence-corrected chi connectivity index (χ1v) is 5.87. The molecule has 4 fully saturated rings. The summed E-state index contributed by atoms with van der Waals surface area (Å²) in [5.74, 6) is 0.354. The minimum atomic E-state index is -1.16. The Morgan fingerprint density at radius 1 is 1.33 bits per heavy atom. The molecule has 4 bridgehead atoms. The highest BCUT2D eigenvalue weighted by Gasteiger charge is 2.63. The molecule has 4 rings (SSSR count). The van der Waals surface area contributed by atoms with Crippen LogP contribution in [0.2, 0.25) is 0 Å². The summed E-state index contributed by atoms with van der Waals surface area (Å²) in [6.45, 7) is 2.10. The second kappa shape index (κ2) is 3.17. The first-order valence-electron chi connectivity index (χ1n) is 5.87. The van der Waals surface area contributed by atoms with Crippen LogP contribution in [0.4, 0.5) is 0 Å². The third kappa shape index (κ3) is 1.16. The van der Waals surface area contributed by atoms with Crippen molar-refractivity contribution in [3.63, 3.8) is 0 Å². The van der Waals surface area contributed by atoms with Crippen molar-refractivity contribution < 1.29 is 19.7 Å². The zero-order valence-electron chi connectivity index (χ0n) is 8.93. The summed E-state index contributed by atoms with van der Waals surface area (Å²) in [5, 5.41) is 20.5. The number of hydrogen-bond acceptors (Lipinski definition) is 4. The maximum Gasteiger partial charge on any atom is 0.161 e. The molecular weight excluding hydrogens is 196 g/mol. The zero-order chi connectivity index (χ0) is 10.6. The first-order chi connectivity index (χ1) is 7.16. The van der Waals surface area contributed by atoms with Gasteiger partial charge in [-0.15, -0.1) is 0 Å². The Morgan fingerprint density at radius 3 is 2.87 bits per heavy atom. The SMILES string of the molecule is CC[C@H]1CC[C@H]2O[C@@H]3C[C@@H](O)[C@@]2(O)[C@H]1O3. The van der Waals surface area contributed by atoms with E-state index in [1.165, 1.54) is 0 Å². The molecule has 0 aromatic carbocycles. The lowest BCUT2D eigenvalue weighted by molar-refractivity contribution is -0.404. The Bertz CT molecular complexity index is 269. The van der Waals surface area contributed by atoms with Crippen LogP contribution in [-0.4, -0.2) is 40.4 Å². The summed E-state index contributed by atoms with van der Waals surface area (Å²) < 4.78 is 11.3. The summed E-state index contributed by atoms with van der Waals surface area (Å²) in [7, 11) is 0. The summed E-state index contributed by atoms with van der Waals surface area (Å²) >= 11 is 0. The fourth-order valence-corrected chi connectivity index (χ4v) is 3.39. The quantitative estimate of drug-likeness (QED) is 0.664. The van der Waals surface area contributed by atoms with Gasteiger partial charge in [0.15, 0.2) is 6.29 Å². The van der Waals surface area contributed by atoms with Crippen LogP contribution in [0.1, 0.15) is 32.6 Å². The first kappa shape index (κ1) is 10.0. The molecule has 3 heterocycles. The van der Waals surface area contributed by atoms with E-state index in [2.05, 4.69) is 6.92 Å². The summed E-state index contributed by atoms with van der Waals surface area (Å²) in [6, 6.07) is 0. The smallest absolute Gasteiger partial charge is 0.161 e. The van der Waals surface area contributed by atoms with E-state index in [0.29, 0.717) is 12.3 Å². The second-order valence-corrected chi connectivity index (χ2v) is 5.00. The number of hydrogen-bond donors (Lipinski definition) is 2. The van der Waals surface area contributed by atoms with Crippen molar-refractivity contribution in [3.8, 4) is 0 Å². The van der Waals surface area contributed by atoms with Crippen LogP contribution < -0.4 is 0 Å². The molecule has 1 aliphatic carbocycles. The largest absolute Gasteiger partial charge is 0.390 e. The molecule has 4 aliphatic rings. The van der Waals surface area contributed by atoms with Crippen molar-refractivity contribution in [1.82, 2.24) is 0 Å². The fourth-order valence-electron chi connectivity index (χ4n) is 3.39. The molecule has 0 amide bonds. The fraction of sp³-hybridized carbons (Fsp3) is 1.00. The molecule has 3 aliphatic heterocycles. The highest BCUT2D eigenvalue weighted by molar-refractivity contribution is 5.11. The maximum atomic E-state index is 10.6. The van der Waals surface area contributed by atoms with Crippen LogP contribution in [0.25, 0.3) is 0 Å². The molecule has 0 aromatic rings. The number of rotatable bonds is 1. The monoisotopic (exact) mass is 214 g/mol. The van der Waals surface area contributed by atoms with Gasteiger partial charge in [0, 0.05) is 6.42 Å². The van der Waals surface area contributed by atoms with E-state index in [-0.39, 0.29) is 18.5 Å². The average Bonchev–Trinajstić information content (AvgIpc) is 2.19. The Hall–Kier alpha value is -0.160. The predicted molar refractivity (Wildman–Crippen MR) is 52.1 cm³/mol. The lowest BCUT2D eigenvalue weighted by Crippen LogP contribution is -2.74. The van der Waals surface area contributed by atoms with Crippen LogP contribution >= 0.6 is 0 Å². The van der Waals surface area contributed by atoms with Crippen LogP contribution in [0, 0.1) is 5.92 Å². The van der Waals surface area contributed by atoms with Gasteiger partial charge in [0.05, 0.1) is 18.3 Å². The van der Waals surface area contributed by atoms with Crippen molar-refractivity contribution in [3.05, 3.63) is 0 Å². The van der Waals surface area contributed by atoms with Gasteiger partial charge in [-0.3, -0.25) is 0 Å². The molecule has 0 spiro atoms. The average molecular weight is 214 g/mol. The molecule has 0 unspecified atom stereocenters. The van der Waals surface area contributed by atoms with E-state index < -0.39 is 11.7 Å². The van der Waals surface area contributed by atoms with Gasteiger partial charge in [0.1, 0.15) is 5.60 Å². The van der Waals surface area contributed by atoms with E-state index in [1.54, 1.807) is 0 Å². The number of aliphatic hydroxyl groups excluding tert-OH is 1. The minimum Gasteiger partial charge on any atom is -0.390 e. The van der Waals surface area contributed by atoms with Crippen molar-refractivity contribution in [1.29, 1.82) is 0 Å². The van der Waals surface area contributed by atoms with Crippen LogP contribution in [-0.2, 0) is 9.47 Å². The maximum absolute atomic E-state index is 10.6. The van der Waals surface area contributed by atoms with Gasteiger partial charge in [-0.05, 0) is 18.8 Å². The van der Waals surface area contributed by atoms with Crippen LogP contribution in [0.15, 0.2) is 0 Å². The number of ether oxygens (including phenoxy) is 2. The topological polar surface area (TPSA) is 58.9 Å². The molecule has 15 heavy (non-hydrogen) atoms. The van der Waals surface area contributed by atoms with E-state index in [1.807, 2.05) is 0 Å². The Labute approximate surface area is 89.2 Å². The van der Waals surface area contributed by atoms with E-state index in [0.717, 1.165) is 19.3 Å². The van der Waals surface area contributed by atoms with Gasteiger partial charge in [-0.25, -0.2) is 0 Å². The van der Waals surface area contributed by atoms with Crippen LogP contribution in [0.3, 0.4) is 0 Å². The molecule has 1 saturated carbocycles. The summed E-state index contributed by atoms with van der Waals surface area (Å²) in [6.07, 6.45) is 1.79. The molecule has 3 saturated heterocycles. The minimum absolute atomic E-state index is 0.229. The molecule has 0 aromatic heterocycles. The van der Waals surface area contributed by atoms with Gasteiger partial charge in [0.25, 0.3) is 0 Å². The Kier molecular flexibility index (Phi) is 2.12. The third-order valence-corrected chi connectivity index (χ3v) is 4.29. The molecular formula is C11H18O4. The van der Waals surface area contributed by atoms with Crippen molar-refractivity contribution in [2.24, 2.45) is 5.92 Å². The number of fused-ring (bicyclic) bond motifs is 1. The highest BCUT2D eigenvalue weighted by Crippen LogP contribution is 2.49. The van der Waals surface area contributed by atoms with E-state index >= 15 is 0 Å². The molecule has 6 atom stereocenters. The normalized spacial score (nSPS) is 58.2. The lowest BCUT2D eigenvalue weighted by atomic mass is 9.66. The third-order valence-electron chi connectivity index (χ3n) is 4.29. The van der Waals surface area contributed by atoms with Crippen LogP contribution in [0.5, 0.6) is 0 Å². The molecule has 4 heteroatoms. The predicted octanol–water partition coefficient (Wildman–Crippen LogP) is 0.412. The summed E-state index contributed by atoms with van der Waals surface area (Å²) in [5.41, 5.74) is -1.16. The standard InChI is InChI=1S/C11H18O4/c1-2-6-3-4-8-11(13)7(12)5-9(14-8)15-10(6)11/h6-10,12-13H,2-5H2,1H3/t6-,7+,8+,9-,10-,11-/m0/s1. The second-order valence-electron chi connectivity index (χ2n) is 5.00. The van der Waals surface area contributed by atoms with E-state index in [4.69, 9.17) is 9.47 Å². The van der Waals surface area contributed by atoms with Gasteiger partial charge in [0.2, 0.25) is 0 Å². The van der Waals surface area contributed by atoms with Crippen molar-refractivity contribution in [2.45, 2.75) is 62.8 Å². The molecule has 0 radical (unpaired) electrons. The molecule has 86 valence electrons. The summed E-state index contributed by atoms with van der Waals surface area (Å²) in [4.78, 5) is 0. The van der Waals surface area contributed by atoms with Gasteiger partial charge in [-0.2, -0.15) is 0 Å². The Balaban J connectivity index is 1.96. The lowest BCUT2D eigenvalue weighted by Gasteiger charge is -2.60. The molecule has 4 nitrogen and oxygen atoms in total. The Morgan fingerprint density at radius 2 is 2.13 bits per heavy atom. The number of aliphatic hydroxyl groups is 2. The zero-order valence-corrected chi connectivity index (χ0v) is 8.93. The van der Waals surface area contributed by atoms with Gasteiger partial charge >= 0.3 is 0 Å². The molecule has 2 N–H and O–H groups in total. The van der Waals surface area contributed by atoms with E-state index in [9.17, 15) is 10.2 Å². The van der Waals surface area contributed by atoms with Gasteiger partial charge in [-0.1, -0.05) is 13.3 Å². The van der Waals surface area contributed by atoms with Crippen molar-refractivity contribution in [2.75, 3.05) is 0 Å². The van der Waals surface area contributed by atoms with Crippen molar-refractivity contribution >= 4 is 0 Å². The van der Waals surface area contributed by atoms with Gasteiger partial charge < -0.3 is 19.7 Å². The highest BCUT2D eigenvalue weighted by atomic mass is 16.7.